The van der Waals surface area contributed by atoms with Crippen molar-refractivity contribution in [3.63, 3.8) is 0 Å². The van der Waals surface area contributed by atoms with Crippen LogP contribution in [0, 0.1) is 5.92 Å². The van der Waals surface area contributed by atoms with E-state index in [-0.39, 0.29) is 11.9 Å². The molecule has 3 heterocycles. The van der Waals surface area contributed by atoms with Gasteiger partial charge in [-0.1, -0.05) is 0 Å². The SMILES string of the molecule is COC(=O)C1CCN(c2ncnc(N3CCN(C)CC3)c2N)CC1. The first-order valence-electron chi connectivity index (χ1n) is 8.47. The molecule has 2 aliphatic rings. The average Bonchev–Trinajstić information content (AvgIpc) is 2.62. The second-order valence-corrected chi connectivity index (χ2v) is 6.51. The summed E-state index contributed by atoms with van der Waals surface area (Å²) < 4.78 is 4.84. The molecule has 8 heteroatoms. The molecule has 2 N–H and O–H groups in total. The number of anilines is 3. The normalized spacial score (nSPS) is 20.2. The summed E-state index contributed by atoms with van der Waals surface area (Å²) in [5, 5.41) is 0. The van der Waals surface area contributed by atoms with E-state index in [0.717, 1.165) is 63.7 Å². The van der Waals surface area contributed by atoms with Crippen LogP contribution < -0.4 is 15.5 Å². The average molecular weight is 334 g/mol. The van der Waals surface area contributed by atoms with E-state index < -0.39 is 0 Å². The van der Waals surface area contributed by atoms with Crippen molar-refractivity contribution in [2.24, 2.45) is 5.92 Å². The number of hydrogen-bond donors (Lipinski definition) is 1. The fourth-order valence-corrected chi connectivity index (χ4v) is 3.39. The lowest BCUT2D eigenvalue weighted by atomic mass is 9.97. The van der Waals surface area contributed by atoms with Gasteiger partial charge in [0, 0.05) is 39.3 Å². The first-order valence-corrected chi connectivity index (χ1v) is 8.47. The zero-order valence-electron chi connectivity index (χ0n) is 14.4. The molecule has 2 fully saturated rings. The number of rotatable bonds is 3. The van der Waals surface area contributed by atoms with Gasteiger partial charge in [0.15, 0.2) is 11.6 Å². The molecule has 0 spiro atoms. The highest BCUT2D eigenvalue weighted by atomic mass is 16.5. The molecule has 0 amide bonds. The third-order valence-corrected chi connectivity index (χ3v) is 4.97. The minimum atomic E-state index is -0.122. The van der Waals surface area contributed by atoms with Crippen molar-refractivity contribution in [3.05, 3.63) is 6.33 Å². The van der Waals surface area contributed by atoms with Crippen molar-refractivity contribution in [2.75, 3.05) is 69.0 Å². The lowest BCUT2D eigenvalue weighted by Gasteiger charge is -2.35. The topological polar surface area (TPSA) is 87.8 Å². The fraction of sp³-hybridized carbons (Fsp3) is 0.688. The van der Waals surface area contributed by atoms with Gasteiger partial charge in [-0.3, -0.25) is 4.79 Å². The van der Waals surface area contributed by atoms with Crippen LogP contribution in [0.4, 0.5) is 17.3 Å². The van der Waals surface area contributed by atoms with Crippen LogP contribution >= 0.6 is 0 Å². The predicted molar refractivity (Wildman–Crippen MR) is 93.1 cm³/mol. The second kappa shape index (κ2) is 7.21. The number of aromatic nitrogens is 2. The third-order valence-electron chi connectivity index (χ3n) is 4.97. The van der Waals surface area contributed by atoms with E-state index in [1.165, 1.54) is 7.11 Å². The van der Waals surface area contributed by atoms with E-state index >= 15 is 0 Å². The highest BCUT2D eigenvalue weighted by molar-refractivity contribution is 5.77. The van der Waals surface area contributed by atoms with Crippen molar-refractivity contribution in [1.29, 1.82) is 0 Å². The zero-order chi connectivity index (χ0) is 17.1. The van der Waals surface area contributed by atoms with Gasteiger partial charge in [0.25, 0.3) is 0 Å². The van der Waals surface area contributed by atoms with Gasteiger partial charge >= 0.3 is 5.97 Å². The van der Waals surface area contributed by atoms with Gasteiger partial charge in [-0.25, -0.2) is 9.97 Å². The summed E-state index contributed by atoms with van der Waals surface area (Å²) in [5.74, 6) is 1.46. The largest absolute Gasteiger partial charge is 0.469 e. The Kier molecular flexibility index (Phi) is 5.03. The van der Waals surface area contributed by atoms with Crippen LogP contribution in [0.1, 0.15) is 12.8 Å². The first-order chi connectivity index (χ1) is 11.6. The van der Waals surface area contributed by atoms with E-state index in [2.05, 4.69) is 31.7 Å². The van der Waals surface area contributed by atoms with Crippen LogP contribution in [0.25, 0.3) is 0 Å². The Morgan fingerprint density at radius 3 is 2.17 bits per heavy atom. The Morgan fingerprint density at radius 2 is 1.62 bits per heavy atom. The maximum absolute atomic E-state index is 11.7. The summed E-state index contributed by atoms with van der Waals surface area (Å²) in [6.07, 6.45) is 3.12. The molecule has 2 saturated heterocycles. The molecule has 0 atom stereocenters. The van der Waals surface area contributed by atoms with Gasteiger partial charge in [0.05, 0.1) is 13.0 Å². The van der Waals surface area contributed by atoms with Crippen molar-refractivity contribution < 1.29 is 9.53 Å². The number of nitrogens with two attached hydrogens (primary N) is 1. The number of likely N-dealkylation sites (N-methyl/N-ethyl adjacent to an activating group) is 1. The Labute approximate surface area is 142 Å². The van der Waals surface area contributed by atoms with Crippen molar-refractivity contribution >= 4 is 23.3 Å². The Bertz CT molecular complexity index is 580. The maximum Gasteiger partial charge on any atom is 0.308 e. The number of methoxy groups -OCH3 is 1. The summed E-state index contributed by atoms with van der Waals surface area (Å²) in [7, 11) is 3.57. The summed E-state index contributed by atoms with van der Waals surface area (Å²) in [6.45, 7) is 5.35. The molecule has 0 radical (unpaired) electrons. The van der Waals surface area contributed by atoms with Crippen LogP contribution in [0.5, 0.6) is 0 Å². The van der Waals surface area contributed by atoms with E-state index in [1.807, 2.05) is 0 Å². The second-order valence-electron chi connectivity index (χ2n) is 6.51. The number of esters is 1. The summed E-state index contributed by atoms with van der Waals surface area (Å²) in [6, 6.07) is 0. The smallest absolute Gasteiger partial charge is 0.308 e. The van der Waals surface area contributed by atoms with Crippen molar-refractivity contribution in [2.45, 2.75) is 12.8 Å². The molecule has 1 aromatic heterocycles. The number of carbonyl (C=O) groups excluding carboxylic acids is 1. The highest BCUT2D eigenvalue weighted by Crippen LogP contribution is 2.32. The van der Waals surface area contributed by atoms with Crippen LogP contribution in [0.2, 0.25) is 0 Å². The lowest BCUT2D eigenvalue weighted by Crippen LogP contribution is -2.45. The summed E-state index contributed by atoms with van der Waals surface area (Å²) in [4.78, 5) is 27.1. The number of carbonyl (C=O) groups is 1. The Morgan fingerprint density at radius 1 is 1.08 bits per heavy atom. The molecular weight excluding hydrogens is 308 g/mol. The minimum Gasteiger partial charge on any atom is -0.469 e. The number of hydrogen-bond acceptors (Lipinski definition) is 8. The van der Waals surface area contributed by atoms with Crippen LogP contribution in [0.15, 0.2) is 6.33 Å². The number of piperazine rings is 1. The maximum atomic E-state index is 11.7. The Hall–Kier alpha value is -2.09. The monoisotopic (exact) mass is 334 g/mol. The van der Waals surface area contributed by atoms with Gasteiger partial charge in [-0.15, -0.1) is 0 Å². The van der Waals surface area contributed by atoms with Crippen LogP contribution in [-0.2, 0) is 9.53 Å². The molecule has 24 heavy (non-hydrogen) atoms. The molecule has 0 aliphatic carbocycles. The van der Waals surface area contributed by atoms with Crippen LogP contribution in [0.3, 0.4) is 0 Å². The van der Waals surface area contributed by atoms with E-state index in [9.17, 15) is 4.79 Å². The van der Waals surface area contributed by atoms with Gasteiger partial charge in [-0.05, 0) is 19.9 Å². The molecule has 132 valence electrons. The van der Waals surface area contributed by atoms with Crippen molar-refractivity contribution in [3.8, 4) is 0 Å². The number of nitrogen functional groups attached to an aromatic ring is 1. The summed E-state index contributed by atoms with van der Waals surface area (Å²) >= 11 is 0. The summed E-state index contributed by atoms with van der Waals surface area (Å²) in [5.41, 5.74) is 7.02. The number of piperidine rings is 1. The number of ether oxygens (including phenoxy) is 1. The molecule has 1 aromatic rings. The van der Waals surface area contributed by atoms with Gasteiger partial charge < -0.3 is 25.2 Å². The minimum absolute atomic E-state index is 0.0218. The molecule has 0 unspecified atom stereocenters. The quantitative estimate of drug-likeness (QED) is 0.785. The molecule has 0 saturated carbocycles. The van der Waals surface area contributed by atoms with E-state index in [0.29, 0.717) is 5.69 Å². The lowest BCUT2D eigenvalue weighted by molar-refractivity contribution is -0.146. The molecule has 3 rings (SSSR count). The first kappa shape index (κ1) is 16.8. The predicted octanol–water partition coefficient (Wildman–Crippen LogP) is 0.200. The van der Waals surface area contributed by atoms with E-state index in [1.54, 1.807) is 6.33 Å². The Balaban J connectivity index is 1.71. The zero-order valence-corrected chi connectivity index (χ0v) is 14.4. The molecule has 2 aliphatic heterocycles. The molecule has 8 nitrogen and oxygen atoms in total. The van der Waals surface area contributed by atoms with Crippen molar-refractivity contribution in [1.82, 2.24) is 14.9 Å². The highest BCUT2D eigenvalue weighted by Gasteiger charge is 2.28. The standard InChI is InChI=1S/C16H26N6O2/c1-20-7-9-22(10-8-20)15-13(17)14(18-11-19-15)21-5-3-12(4-6-21)16(23)24-2/h11-12H,3-10,17H2,1-2H3. The van der Waals surface area contributed by atoms with Gasteiger partial charge in [-0.2, -0.15) is 0 Å². The van der Waals surface area contributed by atoms with E-state index in [4.69, 9.17) is 10.5 Å². The van der Waals surface area contributed by atoms with Gasteiger partial charge in [0.1, 0.15) is 12.0 Å². The van der Waals surface area contributed by atoms with Gasteiger partial charge in [0.2, 0.25) is 0 Å². The van der Waals surface area contributed by atoms with Crippen LogP contribution in [-0.4, -0.2) is 74.3 Å². The third kappa shape index (κ3) is 3.38. The molecule has 0 aromatic carbocycles. The molecule has 0 bridgehead atoms. The number of nitrogens with zero attached hydrogens (tertiary/aromatic N) is 5. The fourth-order valence-electron chi connectivity index (χ4n) is 3.39. The molecular formula is C16H26N6O2.